The van der Waals surface area contributed by atoms with Gasteiger partial charge in [-0.1, -0.05) is 12.1 Å². The quantitative estimate of drug-likeness (QED) is 0.234. The van der Waals surface area contributed by atoms with Crippen molar-refractivity contribution in [2.24, 2.45) is 10.4 Å². The van der Waals surface area contributed by atoms with E-state index in [4.69, 9.17) is 4.74 Å². The molecule has 0 aromatic heterocycles. The zero-order valence-corrected chi connectivity index (χ0v) is 19.1. The normalized spacial score (nSPS) is 19.0. The van der Waals surface area contributed by atoms with Crippen molar-refractivity contribution in [2.75, 3.05) is 39.5 Å². The highest BCUT2D eigenvalue weighted by atomic mass is 127. The Bertz CT molecular complexity index is 634. The lowest BCUT2D eigenvalue weighted by atomic mass is 9.84. The highest BCUT2D eigenvalue weighted by molar-refractivity contribution is 14.0. The van der Waals surface area contributed by atoms with E-state index in [-0.39, 0.29) is 41.9 Å². The Balaban J connectivity index is 0.00000392. The van der Waals surface area contributed by atoms with Gasteiger partial charge in [0.15, 0.2) is 5.96 Å². The van der Waals surface area contributed by atoms with E-state index in [1.54, 1.807) is 6.07 Å². The monoisotopic (exact) mass is 504 g/mol. The topological polar surface area (TPSA) is 95.0 Å². The van der Waals surface area contributed by atoms with Crippen LogP contribution in [0.25, 0.3) is 0 Å². The number of rotatable bonds is 9. The van der Waals surface area contributed by atoms with Gasteiger partial charge in [-0.2, -0.15) is 0 Å². The summed E-state index contributed by atoms with van der Waals surface area (Å²) in [6.07, 6.45) is 1.66. The molecule has 7 nitrogen and oxygen atoms in total. The minimum atomic E-state index is -0.0689. The molecule has 1 aromatic rings. The van der Waals surface area contributed by atoms with Crippen LogP contribution < -0.4 is 16.0 Å². The molecule has 1 aliphatic heterocycles. The highest BCUT2D eigenvalue weighted by Crippen LogP contribution is 2.31. The number of halogens is 1. The van der Waals surface area contributed by atoms with E-state index < -0.39 is 0 Å². The van der Waals surface area contributed by atoms with Crippen LogP contribution >= 0.6 is 24.0 Å². The second kappa shape index (κ2) is 12.9. The van der Waals surface area contributed by atoms with Crippen LogP contribution in [0.15, 0.2) is 29.3 Å². The molecule has 1 heterocycles. The van der Waals surface area contributed by atoms with Gasteiger partial charge in [-0.05, 0) is 44.4 Å². The average Bonchev–Trinajstić information content (AvgIpc) is 3.13. The first-order valence-electron chi connectivity index (χ1n) is 9.70. The molecule has 28 heavy (non-hydrogen) atoms. The Morgan fingerprint density at radius 2 is 2.04 bits per heavy atom. The second-order valence-electron chi connectivity index (χ2n) is 6.88. The van der Waals surface area contributed by atoms with Gasteiger partial charge < -0.3 is 25.8 Å². The first-order valence-corrected chi connectivity index (χ1v) is 9.70. The van der Waals surface area contributed by atoms with Crippen LogP contribution in [-0.2, 0) is 11.3 Å². The SMILES string of the molecule is CCNC(=O)c1cccc(CN=C(NCC)NCC2(CCO)CCOC2)c1.I. The van der Waals surface area contributed by atoms with E-state index in [1.165, 1.54) is 0 Å². The van der Waals surface area contributed by atoms with Crippen molar-refractivity contribution in [3.8, 4) is 0 Å². The number of carbonyl (C=O) groups is 1. The van der Waals surface area contributed by atoms with Gasteiger partial charge in [0.05, 0.1) is 13.2 Å². The molecule has 1 aliphatic rings. The minimum absolute atomic E-state index is 0. The van der Waals surface area contributed by atoms with Gasteiger partial charge in [0.2, 0.25) is 0 Å². The number of nitrogens with zero attached hydrogens (tertiary/aromatic N) is 1. The molecule has 1 saturated heterocycles. The Hall–Kier alpha value is -1.39. The molecule has 0 saturated carbocycles. The van der Waals surface area contributed by atoms with Crippen LogP contribution in [-0.4, -0.2) is 56.4 Å². The number of amides is 1. The van der Waals surface area contributed by atoms with E-state index in [9.17, 15) is 9.90 Å². The predicted octanol–water partition coefficient (Wildman–Crippen LogP) is 1.90. The maximum atomic E-state index is 12.0. The van der Waals surface area contributed by atoms with E-state index >= 15 is 0 Å². The summed E-state index contributed by atoms with van der Waals surface area (Å²) in [6, 6.07) is 7.52. The smallest absolute Gasteiger partial charge is 0.251 e. The van der Waals surface area contributed by atoms with Crippen LogP contribution in [0.4, 0.5) is 0 Å². The van der Waals surface area contributed by atoms with E-state index in [0.717, 1.165) is 31.1 Å². The summed E-state index contributed by atoms with van der Waals surface area (Å²) in [5.41, 5.74) is 1.58. The maximum Gasteiger partial charge on any atom is 0.251 e. The number of benzene rings is 1. The summed E-state index contributed by atoms with van der Waals surface area (Å²) in [5, 5.41) is 18.8. The van der Waals surface area contributed by atoms with Crippen LogP contribution in [0.1, 0.15) is 42.6 Å². The fraction of sp³-hybridized carbons (Fsp3) is 0.600. The molecule has 0 bridgehead atoms. The van der Waals surface area contributed by atoms with Crippen molar-refractivity contribution in [3.63, 3.8) is 0 Å². The van der Waals surface area contributed by atoms with Gasteiger partial charge in [-0.3, -0.25) is 4.79 Å². The first-order chi connectivity index (χ1) is 13.1. The molecule has 1 unspecified atom stereocenters. The first kappa shape index (κ1) is 24.6. The van der Waals surface area contributed by atoms with Crippen LogP contribution in [0.5, 0.6) is 0 Å². The molecule has 0 radical (unpaired) electrons. The number of hydrogen-bond acceptors (Lipinski definition) is 4. The van der Waals surface area contributed by atoms with Crippen molar-refractivity contribution >= 4 is 35.8 Å². The summed E-state index contributed by atoms with van der Waals surface area (Å²) in [6.45, 7) is 8.03. The lowest BCUT2D eigenvalue weighted by Crippen LogP contribution is -2.44. The molecule has 158 valence electrons. The van der Waals surface area contributed by atoms with Gasteiger partial charge in [-0.25, -0.2) is 4.99 Å². The fourth-order valence-electron chi connectivity index (χ4n) is 3.17. The molecular formula is C20H33IN4O3. The molecule has 1 amide bonds. The molecule has 4 N–H and O–H groups in total. The van der Waals surface area contributed by atoms with Gasteiger partial charge in [0.1, 0.15) is 0 Å². The number of aliphatic imine (C=N–C) groups is 1. The lowest BCUT2D eigenvalue weighted by molar-refractivity contribution is 0.0955. The highest BCUT2D eigenvalue weighted by Gasteiger charge is 2.34. The molecule has 1 atom stereocenters. The van der Waals surface area contributed by atoms with Gasteiger partial charge in [0, 0.05) is 43.8 Å². The van der Waals surface area contributed by atoms with Crippen molar-refractivity contribution in [1.29, 1.82) is 0 Å². The summed E-state index contributed by atoms with van der Waals surface area (Å²) in [7, 11) is 0. The number of hydrogen-bond donors (Lipinski definition) is 4. The van der Waals surface area contributed by atoms with Gasteiger partial charge in [0.25, 0.3) is 5.91 Å². The zero-order valence-electron chi connectivity index (χ0n) is 16.8. The molecule has 1 fully saturated rings. The third-order valence-corrected chi connectivity index (χ3v) is 4.75. The largest absolute Gasteiger partial charge is 0.396 e. The number of aliphatic hydroxyl groups excluding tert-OH is 1. The van der Waals surface area contributed by atoms with Crippen molar-refractivity contribution < 1.29 is 14.6 Å². The lowest BCUT2D eigenvalue weighted by Gasteiger charge is -2.27. The third kappa shape index (κ3) is 7.56. The number of nitrogens with one attached hydrogen (secondary N) is 3. The standard InChI is InChI=1S/C20H32N4O3.HI/c1-3-21-18(26)17-7-5-6-16(12-17)13-23-19(22-4-2)24-14-20(8-10-25)9-11-27-15-20;/h5-7,12,25H,3-4,8-11,13-15H2,1-2H3,(H,21,26)(H2,22,23,24);1H. The Kier molecular flexibility index (Phi) is 11.4. The third-order valence-electron chi connectivity index (χ3n) is 4.75. The molecule has 0 aliphatic carbocycles. The van der Waals surface area contributed by atoms with Crippen LogP contribution in [0.2, 0.25) is 0 Å². The molecular weight excluding hydrogens is 471 g/mol. The van der Waals surface area contributed by atoms with Crippen molar-refractivity contribution in [1.82, 2.24) is 16.0 Å². The van der Waals surface area contributed by atoms with Gasteiger partial charge >= 0.3 is 0 Å². The van der Waals surface area contributed by atoms with E-state index in [0.29, 0.717) is 38.2 Å². The van der Waals surface area contributed by atoms with Crippen molar-refractivity contribution in [3.05, 3.63) is 35.4 Å². The summed E-state index contributed by atoms with van der Waals surface area (Å²) >= 11 is 0. The fourth-order valence-corrected chi connectivity index (χ4v) is 3.17. The zero-order chi connectivity index (χ0) is 19.5. The summed E-state index contributed by atoms with van der Waals surface area (Å²) in [5.74, 6) is 0.658. The van der Waals surface area contributed by atoms with Crippen LogP contribution in [0.3, 0.4) is 0 Å². The van der Waals surface area contributed by atoms with E-state index in [1.807, 2.05) is 32.0 Å². The number of ether oxygens (including phenoxy) is 1. The minimum Gasteiger partial charge on any atom is -0.396 e. The molecule has 8 heteroatoms. The molecule has 1 aromatic carbocycles. The number of carbonyl (C=O) groups excluding carboxylic acids is 1. The van der Waals surface area contributed by atoms with Crippen LogP contribution in [0, 0.1) is 5.41 Å². The maximum absolute atomic E-state index is 12.0. The second-order valence-corrected chi connectivity index (χ2v) is 6.88. The Morgan fingerprint density at radius 3 is 2.68 bits per heavy atom. The summed E-state index contributed by atoms with van der Waals surface area (Å²) < 4.78 is 5.54. The number of guanidine groups is 1. The Labute approximate surface area is 184 Å². The average molecular weight is 504 g/mol. The predicted molar refractivity (Wildman–Crippen MR) is 122 cm³/mol. The molecule has 0 spiro atoms. The summed E-state index contributed by atoms with van der Waals surface area (Å²) in [4.78, 5) is 16.6. The molecule has 2 rings (SSSR count). The Morgan fingerprint density at radius 1 is 1.25 bits per heavy atom. The van der Waals surface area contributed by atoms with Gasteiger partial charge in [-0.15, -0.1) is 24.0 Å². The van der Waals surface area contributed by atoms with E-state index in [2.05, 4.69) is 20.9 Å². The number of aliphatic hydroxyl groups is 1. The van der Waals surface area contributed by atoms with Crippen molar-refractivity contribution in [2.45, 2.75) is 33.2 Å².